The molecule has 0 bridgehead atoms. The van der Waals surface area contributed by atoms with Gasteiger partial charge in [-0.05, 0) is 50.5 Å². The third kappa shape index (κ3) is 38.4. The minimum absolute atomic E-state index is 0. The van der Waals surface area contributed by atoms with E-state index in [1.54, 1.807) is 0 Å². The number of thioether (sulfide) groups is 1. The summed E-state index contributed by atoms with van der Waals surface area (Å²) in [6.07, 6.45) is 34.5. The third-order valence-electron chi connectivity index (χ3n) is 9.04. The molecule has 0 atom stereocenters. The molecule has 0 aliphatic heterocycles. The minimum atomic E-state index is -1.13. The topological polar surface area (TPSA) is 89.5 Å². The Morgan fingerprint density at radius 2 is 0.936 bits per heavy atom. The number of hydrogen-bond acceptors (Lipinski definition) is 5. The molecular weight excluding hydrogens is 615 g/mol. The Bertz CT molecular complexity index is 698. The fraction of sp³-hybridized carbons (Fsp3) is 0.923. The number of nitrogens with one attached hydrogen (secondary N) is 1. The van der Waals surface area contributed by atoms with Gasteiger partial charge in [0.2, 0.25) is 11.8 Å². The van der Waals surface area contributed by atoms with Crippen LogP contribution in [0.2, 0.25) is 0 Å². The van der Waals surface area contributed by atoms with Crippen molar-refractivity contribution in [1.82, 2.24) is 10.2 Å². The average molecular weight is 691 g/mol. The quantitative estimate of drug-likeness (QED) is 0.0574. The molecule has 0 aromatic heterocycles. The van der Waals surface area contributed by atoms with Gasteiger partial charge in [-0.3, -0.25) is 9.59 Å². The van der Waals surface area contributed by atoms with Crippen LogP contribution in [-0.4, -0.2) is 53.8 Å². The summed E-state index contributed by atoms with van der Waals surface area (Å²) in [6.45, 7) is 6.24. The van der Waals surface area contributed by atoms with E-state index in [0.717, 1.165) is 45.2 Å². The Balaban J connectivity index is 0. The van der Waals surface area contributed by atoms with E-state index >= 15 is 0 Å². The molecule has 0 saturated heterocycles. The molecule has 272 valence electrons. The Kier molecular flexibility index (Phi) is 41.8. The fourth-order valence-electron chi connectivity index (χ4n) is 5.99. The maximum absolute atomic E-state index is 12.6. The van der Waals surface area contributed by atoms with E-state index in [9.17, 15) is 19.5 Å². The molecule has 0 spiro atoms. The molecule has 6 nitrogen and oxygen atoms in total. The number of amides is 2. The van der Waals surface area contributed by atoms with Gasteiger partial charge >= 0.3 is 29.6 Å². The Labute approximate surface area is 318 Å². The molecule has 0 saturated carbocycles. The van der Waals surface area contributed by atoms with Crippen molar-refractivity contribution in [3.8, 4) is 0 Å². The largest absolute Gasteiger partial charge is 1.00 e. The third-order valence-corrected chi connectivity index (χ3v) is 10.2. The summed E-state index contributed by atoms with van der Waals surface area (Å²) in [5.41, 5.74) is 0. The standard InChI is InChI=1S/C39H76N2O4S.Na/c1-3-5-6-7-8-9-13-18-23-28-35-46-36-29-24-19-14-11-16-21-26-31-38(43)41(4-2)34-27-22-17-12-10-15-20-25-30-37(42)40-33-32-39(44)45;/h3-36H2,1-2H3,(H,40,42)(H,44,45);/q;+1/p-1. The smallest absolute Gasteiger partial charge is 0.550 e. The molecule has 1 N–H and O–H groups in total. The van der Waals surface area contributed by atoms with Gasteiger partial charge in [-0.25, -0.2) is 0 Å². The van der Waals surface area contributed by atoms with Crippen molar-refractivity contribution in [3.63, 3.8) is 0 Å². The average Bonchev–Trinajstić information content (AvgIpc) is 3.04. The van der Waals surface area contributed by atoms with Gasteiger partial charge in [-0.1, -0.05) is 142 Å². The number of aliphatic carboxylic acids is 1. The second-order valence-corrected chi connectivity index (χ2v) is 14.6. The Morgan fingerprint density at radius 1 is 0.532 bits per heavy atom. The van der Waals surface area contributed by atoms with Gasteiger partial charge in [0, 0.05) is 44.9 Å². The van der Waals surface area contributed by atoms with Gasteiger partial charge < -0.3 is 20.1 Å². The molecule has 0 aliphatic carbocycles. The number of nitrogens with zero attached hydrogens (tertiary/aromatic N) is 1. The molecule has 0 aliphatic rings. The van der Waals surface area contributed by atoms with E-state index in [-0.39, 0.29) is 48.4 Å². The summed E-state index contributed by atoms with van der Waals surface area (Å²) in [7, 11) is 0. The van der Waals surface area contributed by atoms with Crippen LogP contribution in [0.4, 0.5) is 0 Å². The monoisotopic (exact) mass is 691 g/mol. The molecule has 47 heavy (non-hydrogen) atoms. The zero-order valence-electron chi connectivity index (χ0n) is 31.5. The van der Waals surface area contributed by atoms with Gasteiger partial charge in [-0.2, -0.15) is 11.8 Å². The van der Waals surface area contributed by atoms with Gasteiger partial charge in [-0.15, -0.1) is 0 Å². The second kappa shape index (κ2) is 40.2. The number of unbranched alkanes of at least 4 members (excludes halogenated alkanes) is 23. The van der Waals surface area contributed by atoms with Crippen LogP contribution in [0.15, 0.2) is 0 Å². The zero-order valence-corrected chi connectivity index (χ0v) is 34.3. The van der Waals surface area contributed by atoms with E-state index in [4.69, 9.17) is 0 Å². The van der Waals surface area contributed by atoms with Crippen molar-refractivity contribution in [3.05, 3.63) is 0 Å². The maximum Gasteiger partial charge on any atom is 1.00 e. The predicted molar refractivity (Wildman–Crippen MR) is 197 cm³/mol. The van der Waals surface area contributed by atoms with Gasteiger partial charge in [0.1, 0.15) is 0 Å². The molecule has 8 heteroatoms. The van der Waals surface area contributed by atoms with Gasteiger partial charge in [0.15, 0.2) is 0 Å². The molecule has 0 heterocycles. The first kappa shape index (κ1) is 48.9. The molecular formula is C39H75N2NaO4S. The van der Waals surface area contributed by atoms with Crippen LogP contribution in [0, 0.1) is 0 Å². The van der Waals surface area contributed by atoms with Crippen LogP contribution in [0.3, 0.4) is 0 Å². The summed E-state index contributed by atoms with van der Waals surface area (Å²) in [5.74, 6) is 1.83. The van der Waals surface area contributed by atoms with Crippen LogP contribution in [0.1, 0.15) is 200 Å². The molecule has 0 aromatic carbocycles. The van der Waals surface area contributed by atoms with E-state index in [0.29, 0.717) is 18.7 Å². The van der Waals surface area contributed by atoms with Gasteiger partial charge in [0.25, 0.3) is 0 Å². The van der Waals surface area contributed by atoms with Crippen LogP contribution >= 0.6 is 11.8 Å². The first-order chi connectivity index (χ1) is 22.5. The summed E-state index contributed by atoms with van der Waals surface area (Å²) in [6, 6.07) is 0. The fourth-order valence-corrected chi connectivity index (χ4v) is 7.01. The van der Waals surface area contributed by atoms with E-state index < -0.39 is 5.97 Å². The van der Waals surface area contributed by atoms with Crippen molar-refractivity contribution in [2.75, 3.05) is 31.1 Å². The van der Waals surface area contributed by atoms with Crippen LogP contribution in [0.25, 0.3) is 0 Å². The SMILES string of the molecule is CCCCCCCCCCCCSCCCCCCCCCCC(=O)N(CC)CCCCCCCCCCC(=O)NCCC(=O)[O-].[Na+]. The van der Waals surface area contributed by atoms with Crippen LogP contribution in [-0.2, 0) is 14.4 Å². The summed E-state index contributed by atoms with van der Waals surface area (Å²) in [4.78, 5) is 36.7. The first-order valence-electron chi connectivity index (χ1n) is 19.8. The summed E-state index contributed by atoms with van der Waals surface area (Å²) in [5, 5.41) is 13.0. The summed E-state index contributed by atoms with van der Waals surface area (Å²) >= 11 is 2.17. The molecule has 0 aromatic rings. The molecule has 0 unspecified atom stereocenters. The molecule has 0 radical (unpaired) electrons. The van der Waals surface area contributed by atoms with Crippen molar-refractivity contribution < 1.29 is 49.0 Å². The Morgan fingerprint density at radius 3 is 1.38 bits per heavy atom. The number of carbonyl (C=O) groups is 3. The Hall–Kier alpha value is -0.240. The van der Waals surface area contributed by atoms with Crippen molar-refractivity contribution in [2.24, 2.45) is 0 Å². The predicted octanol–water partition coefficient (Wildman–Crippen LogP) is 6.77. The van der Waals surface area contributed by atoms with E-state index in [1.165, 1.54) is 146 Å². The zero-order chi connectivity index (χ0) is 33.8. The number of rotatable bonds is 37. The van der Waals surface area contributed by atoms with E-state index in [2.05, 4.69) is 30.9 Å². The number of carboxylic acid groups (broad SMARTS) is 1. The first-order valence-corrected chi connectivity index (χ1v) is 21.0. The minimum Gasteiger partial charge on any atom is -0.550 e. The van der Waals surface area contributed by atoms with Crippen molar-refractivity contribution in [1.29, 1.82) is 0 Å². The molecule has 0 fully saturated rings. The van der Waals surface area contributed by atoms with Crippen molar-refractivity contribution >= 4 is 29.5 Å². The van der Waals surface area contributed by atoms with Crippen molar-refractivity contribution in [2.45, 2.75) is 200 Å². The van der Waals surface area contributed by atoms with Crippen LogP contribution in [0.5, 0.6) is 0 Å². The number of carboxylic acids is 1. The van der Waals surface area contributed by atoms with Crippen LogP contribution < -0.4 is 40.0 Å². The molecule has 2 amide bonds. The normalized spacial score (nSPS) is 10.9. The molecule has 0 rings (SSSR count). The number of hydrogen-bond donors (Lipinski definition) is 1. The maximum atomic E-state index is 12.6. The second-order valence-electron chi connectivity index (χ2n) is 13.4. The summed E-state index contributed by atoms with van der Waals surface area (Å²) < 4.78 is 0. The van der Waals surface area contributed by atoms with E-state index in [1.807, 2.05) is 4.90 Å². The van der Waals surface area contributed by atoms with Gasteiger partial charge in [0.05, 0.1) is 0 Å². The number of carbonyl (C=O) groups excluding carboxylic acids is 3.